The summed E-state index contributed by atoms with van der Waals surface area (Å²) in [7, 11) is 0. The van der Waals surface area contributed by atoms with Gasteiger partial charge in [-0.25, -0.2) is 0 Å². The molecule has 0 saturated carbocycles. The van der Waals surface area contributed by atoms with Crippen LogP contribution >= 0.6 is 0 Å². The fraction of sp³-hybridized carbons (Fsp3) is 0.571. The first-order chi connectivity index (χ1) is 3.98. The Balaban J connectivity index is 4.19. The molecule has 0 aliphatic rings. The van der Waals surface area contributed by atoms with Gasteiger partial charge in [-0.1, -0.05) is 20.8 Å². The summed E-state index contributed by atoms with van der Waals surface area (Å²) in [5.41, 5.74) is -0.305. The molecule has 0 aromatic carbocycles. The second kappa shape index (κ2) is 2.67. The molecule has 0 spiro atoms. The van der Waals surface area contributed by atoms with Gasteiger partial charge >= 0.3 is 0 Å². The first-order valence-electron chi connectivity index (χ1n) is 2.83. The van der Waals surface area contributed by atoms with Crippen LogP contribution in [0.4, 0.5) is 0 Å². The molecule has 0 heterocycles. The van der Waals surface area contributed by atoms with Crippen molar-refractivity contribution in [3.05, 3.63) is 11.8 Å². The Morgan fingerprint density at radius 1 is 1.44 bits per heavy atom. The summed E-state index contributed by atoms with van der Waals surface area (Å²) in [4.78, 5) is 9.83. The van der Waals surface area contributed by atoms with E-state index in [0.29, 0.717) is 6.29 Å². The quantitative estimate of drug-likeness (QED) is 0.331. The van der Waals surface area contributed by atoms with Crippen molar-refractivity contribution in [2.24, 2.45) is 5.41 Å². The molecule has 0 amide bonds. The lowest BCUT2D eigenvalue weighted by Gasteiger charge is -2.15. The highest BCUT2D eigenvalue weighted by atomic mass is 16.3. The maximum Gasteiger partial charge on any atom is 0.146 e. The summed E-state index contributed by atoms with van der Waals surface area (Å²) in [6, 6.07) is 0. The number of carbonyl (C=O) groups excluding carboxylic acids is 1. The van der Waals surface area contributed by atoms with Crippen molar-refractivity contribution < 1.29 is 9.90 Å². The van der Waals surface area contributed by atoms with Gasteiger partial charge in [0.25, 0.3) is 0 Å². The predicted octanol–water partition coefficient (Wildman–Crippen LogP) is 1.67. The topological polar surface area (TPSA) is 37.3 Å². The van der Waals surface area contributed by atoms with Gasteiger partial charge in [0.05, 0.1) is 0 Å². The summed E-state index contributed by atoms with van der Waals surface area (Å²) in [5.74, 6) is 0.123. The highest BCUT2D eigenvalue weighted by Gasteiger charge is 2.14. The van der Waals surface area contributed by atoms with Crippen LogP contribution in [0, 0.1) is 5.41 Å². The Hall–Kier alpha value is -0.790. The van der Waals surface area contributed by atoms with Crippen LogP contribution in [0.5, 0.6) is 0 Å². The Bertz CT molecular complexity index is 128. The maximum absolute atomic E-state index is 9.83. The predicted molar refractivity (Wildman–Crippen MR) is 36.2 cm³/mol. The van der Waals surface area contributed by atoms with E-state index >= 15 is 0 Å². The van der Waals surface area contributed by atoms with Crippen LogP contribution in [0.2, 0.25) is 0 Å². The second-order valence-corrected chi connectivity index (χ2v) is 2.94. The molecule has 9 heavy (non-hydrogen) atoms. The average Bonchev–Trinajstić information content (AvgIpc) is 1.64. The smallest absolute Gasteiger partial charge is 0.146 e. The van der Waals surface area contributed by atoms with E-state index in [0.717, 1.165) is 0 Å². The molecule has 52 valence electrons. The second-order valence-electron chi connectivity index (χ2n) is 2.94. The molecule has 0 aliphatic carbocycles. The molecule has 0 unspecified atom stereocenters. The van der Waals surface area contributed by atoms with E-state index < -0.39 is 0 Å². The zero-order valence-corrected chi connectivity index (χ0v) is 6.01. The third kappa shape index (κ3) is 2.90. The lowest BCUT2D eigenvalue weighted by molar-refractivity contribution is -0.104. The SMILES string of the molecule is CC(C)(C)C(O)=CC=O. The van der Waals surface area contributed by atoms with Gasteiger partial charge in [-0.15, -0.1) is 0 Å². The van der Waals surface area contributed by atoms with Crippen molar-refractivity contribution in [1.29, 1.82) is 0 Å². The lowest BCUT2D eigenvalue weighted by Crippen LogP contribution is -2.08. The molecule has 2 nitrogen and oxygen atoms in total. The maximum atomic E-state index is 9.83. The van der Waals surface area contributed by atoms with Gasteiger partial charge in [0.1, 0.15) is 12.0 Å². The number of hydrogen-bond donors (Lipinski definition) is 1. The number of hydrogen-bond acceptors (Lipinski definition) is 2. The van der Waals surface area contributed by atoms with E-state index in [-0.39, 0.29) is 11.2 Å². The van der Waals surface area contributed by atoms with Crippen molar-refractivity contribution in [1.82, 2.24) is 0 Å². The molecule has 0 radical (unpaired) electrons. The minimum absolute atomic E-state index is 0.123. The van der Waals surface area contributed by atoms with Gasteiger partial charge in [-0.2, -0.15) is 0 Å². The molecule has 0 rings (SSSR count). The number of aldehydes is 1. The zero-order valence-electron chi connectivity index (χ0n) is 6.01. The van der Waals surface area contributed by atoms with Gasteiger partial charge in [-0.3, -0.25) is 4.79 Å². The molecule has 1 N–H and O–H groups in total. The largest absolute Gasteiger partial charge is 0.512 e. The van der Waals surface area contributed by atoms with Crippen LogP contribution in [0.3, 0.4) is 0 Å². The van der Waals surface area contributed by atoms with Gasteiger partial charge in [0.15, 0.2) is 0 Å². The van der Waals surface area contributed by atoms with E-state index in [1.165, 1.54) is 6.08 Å². The van der Waals surface area contributed by atoms with Gasteiger partial charge < -0.3 is 5.11 Å². The fourth-order valence-electron chi connectivity index (χ4n) is 0.314. The van der Waals surface area contributed by atoms with Crippen molar-refractivity contribution in [2.75, 3.05) is 0 Å². The van der Waals surface area contributed by atoms with Crippen LogP contribution < -0.4 is 0 Å². The van der Waals surface area contributed by atoms with Crippen molar-refractivity contribution >= 4 is 6.29 Å². The zero-order chi connectivity index (χ0) is 7.49. The average molecular weight is 128 g/mol. The number of aliphatic hydroxyl groups excluding tert-OH is 1. The molecule has 2 heteroatoms. The summed E-state index contributed by atoms with van der Waals surface area (Å²) < 4.78 is 0. The van der Waals surface area contributed by atoms with Crippen LogP contribution in [0.15, 0.2) is 11.8 Å². The lowest BCUT2D eigenvalue weighted by atomic mass is 9.94. The third-order valence-electron chi connectivity index (χ3n) is 0.994. The molecule has 0 atom stereocenters. The van der Waals surface area contributed by atoms with Gasteiger partial charge in [0, 0.05) is 11.5 Å². The van der Waals surface area contributed by atoms with Crippen molar-refractivity contribution in [3.63, 3.8) is 0 Å². The van der Waals surface area contributed by atoms with Crippen LogP contribution in [-0.4, -0.2) is 11.4 Å². The summed E-state index contributed by atoms with van der Waals surface area (Å²) in [5, 5.41) is 9.02. The Morgan fingerprint density at radius 2 is 1.89 bits per heavy atom. The molecule has 0 saturated heterocycles. The highest BCUT2D eigenvalue weighted by molar-refractivity contribution is 5.65. The van der Waals surface area contributed by atoms with E-state index in [1.54, 1.807) is 0 Å². The number of rotatable bonds is 1. The van der Waals surface area contributed by atoms with Crippen LogP contribution in [0.25, 0.3) is 0 Å². The molecular weight excluding hydrogens is 116 g/mol. The summed E-state index contributed by atoms with van der Waals surface area (Å²) in [6.45, 7) is 5.51. The van der Waals surface area contributed by atoms with Crippen LogP contribution in [-0.2, 0) is 4.79 Å². The first-order valence-corrected chi connectivity index (χ1v) is 2.83. The van der Waals surface area contributed by atoms with E-state index in [9.17, 15) is 4.79 Å². The molecule has 0 aromatic heterocycles. The normalized spacial score (nSPS) is 13.4. The van der Waals surface area contributed by atoms with E-state index in [2.05, 4.69) is 0 Å². The Kier molecular flexibility index (Phi) is 2.43. The Morgan fingerprint density at radius 3 is 2.00 bits per heavy atom. The monoisotopic (exact) mass is 128 g/mol. The van der Waals surface area contributed by atoms with Gasteiger partial charge in [0.2, 0.25) is 0 Å². The molecule has 0 aliphatic heterocycles. The molecule has 0 aromatic rings. The summed E-state index contributed by atoms with van der Waals surface area (Å²) in [6.07, 6.45) is 1.75. The third-order valence-corrected chi connectivity index (χ3v) is 0.994. The molecule has 0 bridgehead atoms. The number of carbonyl (C=O) groups is 1. The fourth-order valence-corrected chi connectivity index (χ4v) is 0.314. The molecule has 0 fully saturated rings. The standard InChI is InChI=1S/C7H12O2/c1-7(2,3)6(9)4-5-8/h4-5,9H,1-3H3. The van der Waals surface area contributed by atoms with Gasteiger partial charge in [-0.05, 0) is 0 Å². The highest BCUT2D eigenvalue weighted by Crippen LogP contribution is 2.21. The van der Waals surface area contributed by atoms with Crippen molar-refractivity contribution in [2.45, 2.75) is 20.8 Å². The number of allylic oxidation sites excluding steroid dienone is 2. The van der Waals surface area contributed by atoms with Crippen molar-refractivity contribution in [3.8, 4) is 0 Å². The Labute approximate surface area is 55.2 Å². The van der Waals surface area contributed by atoms with E-state index in [1.807, 2.05) is 20.8 Å². The minimum Gasteiger partial charge on any atom is -0.512 e. The molecular formula is C7H12O2. The van der Waals surface area contributed by atoms with E-state index in [4.69, 9.17) is 5.11 Å². The van der Waals surface area contributed by atoms with Crippen LogP contribution in [0.1, 0.15) is 20.8 Å². The minimum atomic E-state index is -0.305. The number of aliphatic hydroxyl groups is 1. The summed E-state index contributed by atoms with van der Waals surface area (Å²) >= 11 is 0. The first kappa shape index (κ1) is 8.21.